The van der Waals surface area contributed by atoms with Crippen LogP contribution in [0.5, 0.6) is 5.75 Å². The Labute approximate surface area is 319 Å². The molecule has 0 unspecified atom stereocenters. The highest BCUT2D eigenvalue weighted by atomic mass is 16.7. The summed E-state index contributed by atoms with van der Waals surface area (Å²) in [6.07, 6.45) is 0.918. The maximum Gasteiger partial charge on any atom is 0.251 e. The number of nitrogens with one attached hydrogen (secondary N) is 2. The van der Waals surface area contributed by atoms with E-state index in [4.69, 9.17) is 9.57 Å². The molecule has 11 heteroatoms. The smallest absolute Gasteiger partial charge is 0.251 e. The summed E-state index contributed by atoms with van der Waals surface area (Å²) in [6.45, 7) is 8.11. The molecule has 2 amide bonds. The number of nitrogens with zero attached hydrogens (tertiary/aromatic N) is 2. The number of hydrogen-bond acceptors (Lipinski definition) is 9. The number of anilines is 1. The Bertz CT molecular complexity index is 1780. The number of ether oxygens (including phenoxy) is 1. The first-order valence-electron chi connectivity index (χ1n) is 19.2. The average Bonchev–Trinajstić information content (AvgIpc) is 3.53. The Morgan fingerprint density at radius 3 is 2.41 bits per heavy atom. The fourth-order valence-electron chi connectivity index (χ4n) is 9.31. The normalized spacial score (nSPS) is 27.0. The minimum Gasteiger partial charge on any atom is -0.496 e. The maximum atomic E-state index is 14.2. The SMILES string of the molecule is COc1c(CN2O[C@@H](CO)[C@@H]([C@H](C)O)[C@H]2C(=O)N[C@H]2C[C@H]3C[C@@H]([C@@H]2C)C3(C)C)cccc1-c1cc(C(=O)N[C@@H](CO)Cc2ccccc2)cc(N(C)C)c1. The third-order valence-electron chi connectivity index (χ3n) is 12.6. The summed E-state index contributed by atoms with van der Waals surface area (Å²) >= 11 is 0. The van der Waals surface area contributed by atoms with Crippen LogP contribution in [0.3, 0.4) is 0 Å². The van der Waals surface area contributed by atoms with E-state index in [-0.39, 0.29) is 43.0 Å². The summed E-state index contributed by atoms with van der Waals surface area (Å²) < 4.78 is 6.06. The van der Waals surface area contributed by atoms with Gasteiger partial charge in [-0.15, -0.1) is 0 Å². The van der Waals surface area contributed by atoms with Crippen molar-refractivity contribution in [1.29, 1.82) is 0 Å². The van der Waals surface area contributed by atoms with Gasteiger partial charge in [-0.1, -0.05) is 69.3 Å². The molecule has 3 saturated carbocycles. The lowest BCUT2D eigenvalue weighted by Crippen LogP contribution is -2.62. The first kappa shape index (κ1) is 39.7. The molecule has 1 aliphatic heterocycles. The highest BCUT2D eigenvalue weighted by molar-refractivity contribution is 5.97. The number of aliphatic hydroxyl groups is 3. The second kappa shape index (κ2) is 16.4. The lowest BCUT2D eigenvalue weighted by Gasteiger charge is -2.62. The van der Waals surface area contributed by atoms with Crippen LogP contribution in [0.15, 0.2) is 66.7 Å². The Morgan fingerprint density at radius 1 is 1.06 bits per heavy atom. The zero-order valence-electron chi connectivity index (χ0n) is 32.7. The van der Waals surface area contributed by atoms with Crippen molar-refractivity contribution in [1.82, 2.24) is 15.7 Å². The minimum atomic E-state index is -0.913. The Kier molecular flexibility index (Phi) is 12.0. The third kappa shape index (κ3) is 7.88. The predicted molar refractivity (Wildman–Crippen MR) is 209 cm³/mol. The van der Waals surface area contributed by atoms with Crippen LogP contribution in [0.4, 0.5) is 5.69 Å². The number of amides is 2. The molecular weight excluding hydrogens is 684 g/mol. The Hall–Kier alpha value is -4.00. The molecule has 54 heavy (non-hydrogen) atoms. The van der Waals surface area contributed by atoms with Crippen LogP contribution in [-0.2, 0) is 22.6 Å². The lowest BCUT2D eigenvalue weighted by molar-refractivity contribution is -0.183. The second-order valence-corrected chi connectivity index (χ2v) is 16.4. The van der Waals surface area contributed by atoms with Crippen molar-refractivity contribution >= 4 is 17.5 Å². The van der Waals surface area contributed by atoms with E-state index in [1.165, 1.54) is 6.42 Å². The second-order valence-electron chi connectivity index (χ2n) is 16.4. The van der Waals surface area contributed by atoms with Crippen LogP contribution >= 0.6 is 0 Å². The van der Waals surface area contributed by atoms with Crippen molar-refractivity contribution in [2.45, 2.75) is 83.8 Å². The van der Waals surface area contributed by atoms with Gasteiger partial charge in [0.2, 0.25) is 5.91 Å². The zero-order valence-corrected chi connectivity index (χ0v) is 32.7. The number of aliphatic hydroxyl groups excluding tert-OH is 3. The van der Waals surface area contributed by atoms with Gasteiger partial charge >= 0.3 is 0 Å². The highest BCUT2D eigenvalue weighted by Crippen LogP contribution is 2.61. The van der Waals surface area contributed by atoms with Crippen LogP contribution in [-0.4, -0.2) is 96.9 Å². The largest absolute Gasteiger partial charge is 0.496 e. The molecule has 0 aromatic heterocycles. The van der Waals surface area contributed by atoms with Gasteiger partial charge in [-0.2, -0.15) is 5.06 Å². The van der Waals surface area contributed by atoms with Gasteiger partial charge in [0, 0.05) is 48.4 Å². The van der Waals surface area contributed by atoms with Gasteiger partial charge in [-0.3, -0.25) is 14.4 Å². The van der Waals surface area contributed by atoms with Gasteiger partial charge < -0.3 is 35.6 Å². The first-order chi connectivity index (χ1) is 25.8. The van der Waals surface area contributed by atoms with E-state index in [0.29, 0.717) is 35.5 Å². The van der Waals surface area contributed by atoms with Crippen molar-refractivity contribution in [3.8, 4) is 16.9 Å². The zero-order chi connectivity index (χ0) is 38.9. The van der Waals surface area contributed by atoms with Gasteiger partial charge in [0.25, 0.3) is 5.91 Å². The number of carbonyl (C=O) groups excluding carboxylic acids is 2. The van der Waals surface area contributed by atoms with Gasteiger partial charge in [-0.05, 0) is 78.7 Å². The van der Waals surface area contributed by atoms with E-state index in [9.17, 15) is 24.9 Å². The van der Waals surface area contributed by atoms with Gasteiger partial charge in [0.15, 0.2) is 0 Å². The van der Waals surface area contributed by atoms with Crippen molar-refractivity contribution in [2.24, 2.45) is 29.1 Å². The van der Waals surface area contributed by atoms with Crippen LogP contribution in [0, 0.1) is 29.1 Å². The molecule has 4 aliphatic rings. The number of hydrogen-bond donors (Lipinski definition) is 5. The molecule has 292 valence electrons. The molecule has 3 aromatic carbocycles. The molecule has 11 nitrogen and oxygen atoms in total. The molecule has 0 radical (unpaired) electrons. The Morgan fingerprint density at radius 2 is 1.80 bits per heavy atom. The van der Waals surface area contributed by atoms with Crippen molar-refractivity contribution in [2.75, 3.05) is 39.3 Å². The van der Waals surface area contributed by atoms with Gasteiger partial charge in [0.1, 0.15) is 17.9 Å². The van der Waals surface area contributed by atoms with Crippen LogP contribution < -0.4 is 20.3 Å². The maximum absolute atomic E-state index is 14.2. The molecule has 1 saturated heterocycles. The third-order valence-corrected chi connectivity index (χ3v) is 12.6. The number of fused-ring (bicyclic) bond motifs is 2. The summed E-state index contributed by atoms with van der Waals surface area (Å²) in [5, 5.41) is 39.3. The number of rotatable bonds is 14. The molecule has 5 N–H and O–H groups in total. The monoisotopic (exact) mass is 742 g/mol. The van der Waals surface area contributed by atoms with Crippen LogP contribution in [0.2, 0.25) is 0 Å². The number of hydroxylamine groups is 2. The summed E-state index contributed by atoms with van der Waals surface area (Å²) in [5.74, 6) is 0.796. The molecule has 3 aromatic rings. The fraction of sp³-hybridized carbons (Fsp3) is 0.535. The fourth-order valence-corrected chi connectivity index (χ4v) is 9.31. The van der Waals surface area contributed by atoms with E-state index in [1.54, 1.807) is 19.1 Å². The Balaban J connectivity index is 1.28. The van der Waals surface area contributed by atoms with Crippen LogP contribution in [0.25, 0.3) is 11.1 Å². The summed E-state index contributed by atoms with van der Waals surface area (Å²) in [4.78, 5) is 36.1. The number of para-hydroxylation sites is 1. The minimum absolute atomic E-state index is 0.0261. The average molecular weight is 743 g/mol. The molecule has 0 spiro atoms. The van der Waals surface area contributed by atoms with Gasteiger partial charge in [-0.25, -0.2) is 0 Å². The molecule has 4 fully saturated rings. The summed E-state index contributed by atoms with van der Waals surface area (Å²) in [6, 6.07) is 19.8. The summed E-state index contributed by atoms with van der Waals surface area (Å²) in [7, 11) is 5.40. The quantitative estimate of drug-likeness (QED) is 0.162. The molecule has 7 rings (SSSR count). The standard InChI is InChI=1S/C43H58N4O7/c1-25-35-20-31(43(35,3)4)21-36(25)45-42(52)39-38(26(2)50)37(24-49)54-47(39)22-28-14-11-15-34(40(28)53-7)29-17-30(19-33(18-29)46(5)6)41(51)44-32(23-48)16-27-12-9-8-10-13-27/h8-15,17-19,25-26,31-32,35-39,48-50H,16,20-24H2,1-7H3,(H,44,51)(H,45,52)/t25-,26-,31+,32+,35-,36-,37-,38+,39-/m0/s1. The topological polar surface area (TPSA) is 144 Å². The predicted octanol–water partition coefficient (Wildman–Crippen LogP) is 4.42. The number of carbonyl (C=O) groups is 2. The number of benzene rings is 3. The van der Waals surface area contributed by atoms with E-state index in [1.807, 2.05) is 85.7 Å². The van der Waals surface area contributed by atoms with Crippen LogP contribution in [0.1, 0.15) is 62.0 Å². The lowest BCUT2D eigenvalue weighted by atomic mass is 9.45. The van der Waals surface area contributed by atoms with Crippen molar-refractivity contribution in [3.05, 3.63) is 83.4 Å². The molecular formula is C43H58N4O7. The highest BCUT2D eigenvalue weighted by Gasteiger charge is 2.57. The van der Waals surface area contributed by atoms with E-state index in [2.05, 4.69) is 31.4 Å². The number of methoxy groups -OCH3 is 1. The van der Waals surface area contributed by atoms with E-state index < -0.39 is 30.2 Å². The van der Waals surface area contributed by atoms with E-state index >= 15 is 0 Å². The molecule has 3 aliphatic carbocycles. The molecule has 9 atom stereocenters. The van der Waals surface area contributed by atoms with E-state index in [0.717, 1.165) is 34.4 Å². The summed E-state index contributed by atoms with van der Waals surface area (Å²) in [5.41, 5.74) is 4.73. The van der Waals surface area contributed by atoms with Crippen molar-refractivity contribution < 1.29 is 34.5 Å². The molecule has 1 heterocycles. The van der Waals surface area contributed by atoms with Crippen molar-refractivity contribution in [3.63, 3.8) is 0 Å². The first-order valence-corrected chi connectivity index (χ1v) is 19.2. The van der Waals surface area contributed by atoms with Gasteiger partial charge in [0.05, 0.1) is 39.0 Å². The molecule has 2 bridgehead atoms.